The van der Waals surface area contributed by atoms with Gasteiger partial charge in [0.15, 0.2) is 0 Å². The predicted octanol–water partition coefficient (Wildman–Crippen LogP) is 2.27. The Balaban J connectivity index is 2.23. The van der Waals surface area contributed by atoms with Crippen LogP contribution in [-0.2, 0) is 0 Å². The highest BCUT2D eigenvalue weighted by Gasteiger charge is 2.24. The van der Waals surface area contributed by atoms with Crippen LogP contribution in [0.5, 0.6) is 0 Å². The normalized spacial score (nSPS) is 14.8. The zero-order valence-electron chi connectivity index (χ0n) is 8.51. The van der Waals surface area contributed by atoms with Gasteiger partial charge in [0.05, 0.1) is 5.56 Å². The van der Waals surface area contributed by atoms with Gasteiger partial charge in [-0.25, -0.2) is 0 Å². The molecule has 0 aliphatic heterocycles. The van der Waals surface area contributed by atoms with E-state index < -0.39 is 0 Å². The fourth-order valence-electron chi connectivity index (χ4n) is 1.41. The van der Waals surface area contributed by atoms with Gasteiger partial charge in [0.25, 0.3) is 5.91 Å². The van der Waals surface area contributed by atoms with E-state index in [0.29, 0.717) is 16.6 Å². The van der Waals surface area contributed by atoms with Crippen LogP contribution < -0.4 is 10.6 Å². The van der Waals surface area contributed by atoms with E-state index in [9.17, 15) is 4.79 Å². The molecule has 0 bridgehead atoms. The molecule has 1 saturated carbocycles. The van der Waals surface area contributed by atoms with Crippen LogP contribution in [-0.4, -0.2) is 19.0 Å². The summed E-state index contributed by atoms with van der Waals surface area (Å²) >= 11 is 5.86. The number of rotatable bonds is 3. The van der Waals surface area contributed by atoms with Crippen LogP contribution in [0, 0.1) is 0 Å². The SMILES string of the molecule is CNc1ccc(Cl)cc1C(=O)NC1CC1. The molecule has 0 heterocycles. The third-order valence-electron chi connectivity index (χ3n) is 2.41. The third kappa shape index (κ3) is 2.42. The highest BCUT2D eigenvalue weighted by molar-refractivity contribution is 6.31. The van der Waals surface area contributed by atoms with Crippen LogP contribution in [0.25, 0.3) is 0 Å². The molecule has 0 aromatic heterocycles. The van der Waals surface area contributed by atoms with Gasteiger partial charge in [-0.1, -0.05) is 11.6 Å². The second-order valence-electron chi connectivity index (χ2n) is 3.69. The van der Waals surface area contributed by atoms with Crippen molar-refractivity contribution in [3.05, 3.63) is 28.8 Å². The van der Waals surface area contributed by atoms with E-state index in [-0.39, 0.29) is 5.91 Å². The number of carbonyl (C=O) groups excluding carboxylic acids is 1. The summed E-state index contributed by atoms with van der Waals surface area (Å²) in [5.41, 5.74) is 1.41. The van der Waals surface area contributed by atoms with Crippen LogP contribution in [0.3, 0.4) is 0 Å². The average molecular weight is 225 g/mol. The van der Waals surface area contributed by atoms with E-state index in [1.807, 2.05) is 6.07 Å². The van der Waals surface area contributed by atoms with E-state index in [1.165, 1.54) is 0 Å². The Morgan fingerprint density at radius 2 is 2.20 bits per heavy atom. The minimum Gasteiger partial charge on any atom is -0.387 e. The molecule has 1 aromatic rings. The highest BCUT2D eigenvalue weighted by Crippen LogP contribution is 2.23. The highest BCUT2D eigenvalue weighted by atomic mass is 35.5. The number of halogens is 1. The lowest BCUT2D eigenvalue weighted by Gasteiger charge is -2.09. The van der Waals surface area contributed by atoms with Crippen molar-refractivity contribution in [1.29, 1.82) is 0 Å². The summed E-state index contributed by atoms with van der Waals surface area (Å²) in [6, 6.07) is 5.62. The van der Waals surface area contributed by atoms with E-state index in [0.717, 1.165) is 18.5 Å². The van der Waals surface area contributed by atoms with E-state index >= 15 is 0 Å². The fraction of sp³-hybridized carbons (Fsp3) is 0.364. The maximum absolute atomic E-state index is 11.8. The lowest BCUT2D eigenvalue weighted by atomic mass is 10.1. The Labute approximate surface area is 93.8 Å². The summed E-state index contributed by atoms with van der Waals surface area (Å²) in [6.07, 6.45) is 2.17. The van der Waals surface area contributed by atoms with Gasteiger partial charge in [-0.3, -0.25) is 4.79 Å². The maximum atomic E-state index is 11.8. The molecule has 0 spiro atoms. The van der Waals surface area contributed by atoms with E-state index in [4.69, 9.17) is 11.6 Å². The van der Waals surface area contributed by atoms with E-state index in [1.54, 1.807) is 19.2 Å². The van der Waals surface area contributed by atoms with Crippen molar-refractivity contribution in [1.82, 2.24) is 5.32 Å². The molecular weight excluding hydrogens is 212 g/mol. The topological polar surface area (TPSA) is 41.1 Å². The van der Waals surface area contributed by atoms with E-state index in [2.05, 4.69) is 10.6 Å². The van der Waals surface area contributed by atoms with Gasteiger partial charge < -0.3 is 10.6 Å². The first kappa shape index (κ1) is 10.3. The smallest absolute Gasteiger partial charge is 0.253 e. The van der Waals surface area contributed by atoms with Crippen molar-refractivity contribution in [3.8, 4) is 0 Å². The van der Waals surface area contributed by atoms with Crippen molar-refractivity contribution >= 4 is 23.2 Å². The van der Waals surface area contributed by atoms with Crippen LogP contribution >= 0.6 is 11.6 Å². The summed E-state index contributed by atoms with van der Waals surface area (Å²) in [7, 11) is 1.79. The molecule has 2 N–H and O–H groups in total. The van der Waals surface area contributed by atoms with Gasteiger partial charge in [-0.2, -0.15) is 0 Å². The van der Waals surface area contributed by atoms with Crippen LogP contribution in [0.15, 0.2) is 18.2 Å². The monoisotopic (exact) mass is 224 g/mol. The molecule has 0 atom stereocenters. The number of amides is 1. The van der Waals surface area contributed by atoms with Crippen molar-refractivity contribution in [2.24, 2.45) is 0 Å². The standard InChI is InChI=1S/C11H13ClN2O/c1-13-10-5-2-7(12)6-9(10)11(15)14-8-3-4-8/h2,5-6,8,13H,3-4H2,1H3,(H,14,15). The Kier molecular flexibility index (Phi) is 2.82. The molecule has 4 heteroatoms. The van der Waals surface area contributed by atoms with Crippen LogP contribution in [0.1, 0.15) is 23.2 Å². The summed E-state index contributed by atoms with van der Waals surface area (Å²) in [6.45, 7) is 0. The Morgan fingerprint density at radius 1 is 1.47 bits per heavy atom. The molecule has 15 heavy (non-hydrogen) atoms. The average Bonchev–Trinajstić information content (AvgIpc) is 3.01. The molecule has 1 aromatic carbocycles. The number of hydrogen-bond acceptors (Lipinski definition) is 2. The molecule has 3 nitrogen and oxygen atoms in total. The Hall–Kier alpha value is -1.22. The predicted molar refractivity (Wildman–Crippen MR) is 61.5 cm³/mol. The molecule has 80 valence electrons. The van der Waals surface area contributed by atoms with Gasteiger partial charge in [0.2, 0.25) is 0 Å². The van der Waals surface area contributed by atoms with Gasteiger partial charge in [0.1, 0.15) is 0 Å². The first-order chi connectivity index (χ1) is 7.20. The molecule has 1 fully saturated rings. The molecule has 1 amide bonds. The fourth-order valence-corrected chi connectivity index (χ4v) is 1.59. The number of anilines is 1. The van der Waals surface area contributed by atoms with Crippen LogP contribution in [0.4, 0.5) is 5.69 Å². The quantitative estimate of drug-likeness (QED) is 0.827. The van der Waals surface area contributed by atoms with Crippen molar-refractivity contribution in [3.63, 3.8) is 0 Å². The maximum Gasteiger partial charge on any atom is 0.253 e. The first-order valence-corrected chi connectivity index (χ1v) is 5.36. The van der Waals surface area contributed by atoms with Crippen molar-refractivity contribution < 1.29 is 4.79 Å². The summed E-state index contributed by atoms with van der Waals surface area (Å²) in [5, 5.41) is 6.49. The zero-order valence-corrected chi connectivity index (χ0v) is 9.27. The second-order valence-corrected chi connectivity index (χ2v) is 4.12. The van der Waals surface area contributed by atoms with Crippen LogP contribution in [0.2, 0.25) is 5.02 Å². The number of hydrogen-bond donors (Lipinski definition) is 2. The van der Waals surface area contributed by atoms with Gasteiger partial charge >= 0.3 is 0 Å². The second kappa shape index (κ2) is 4.11. The summed E-state index contributed by atoms with van der Waals surface area (Å²) < 4.78 is 0. The number of benzene rings is 1. The zero-order chi connectivity index (χ0) is 10.8. The lowest BCUT2D eigenvalue weighted by Crippen LogP contribution is -2.26. The van der Waals surface area contributed by atoms with Crippen molar-refractivity contribution in [2.45, 2.75) is 18.9 Å². The van der Waals surface area contributed by atoms with Gasteiger partial charge in [-0.15, -0.1) is 0 Å². The number of nitrogens with one attached hydrogen (secondary N) is 2. The molecular formula is C11H13ClN2O. The molecule has 1 aliphatic carbocycles. The number of carbonyl (C=O) groups is 1. The molecule has 1 aliphatic rings. The van der Waals surface area contributed by atoms with Gasteiger partial charge in [-0.05, 0) is 31.0 Å². The summed E-state index contributed by atoms with van der Waals surface area (Å²) in [5.74, 6) is -0.0515. The largest absolute Gasteiger partial charge is 0.387 e. The first-order valence-electron chi connectivity index (χ1n) is 4.99. The van der Waals surface area contributed by atoms with Crippen molar-refractivity contribution in [2.75, 3.05) is 12.4 Å². The third-order valence-corrected chi connectivity index (χ3v) is 2.64. The molecule has 2 rings (SSSR count). The minimum absolute atomic E-state index is 0.0515. The molecule has 0 unspecified atom stereocenters. The lowest BCUT2D eigenvalue weighted by molar-refractivity contribution is 0.0952. The Bertz CT molecular complexity index is 388. The molecule has 0 saturated heterocycles. The summed E-state index contributed by atoms with van der Waals surface area (Å²) in [4.78, 5) is 11.8. The van der Waals surface area contributed by atoms with Gasteiger partial charge in [0, 0.05) is 23.8 Å². The Morgan fingerprint density at radius 3 is 2.80 bits per heavy atom. The minimum atomic E-state index is -0.0515. The molecule has 0 radical (unpaired) electrons.